The first-order valence-corrected chi connectivity index (χ1v) is 7.57. The summed E-state index contributed by atoms with van der Waals surface area (Å²) in [4.78, 5) is 4.01. The zero-order valence-electron chi connectivity index (χ0n) is 12.2. The molecule has 0 aliphatic rings. The Kier molecular flexibility index (Phi) is 6.18. The third kappa shape index (κ3) is 5.17. The van der Waals surface area contributed by atoms with Gasteiger partial charge in [-0.25, -0.2) is 4.98 Å². The lowest BCUT2D eigenvalue weighted by Gasteiger charge is -2.09. The van der Waals surface area contributed by atoms with Gasteiger partial charge >= 0.3 is 0 Å². The molecule has 0 unspecified atom stereocenters. The molecule has 21 heavy (non-hydrogen) atoms. The number of alkyl halides is 1. The van der Waals surface area contributed by atoms with E-state index in [0.29, 0.717) is 18.9 Å². The van der Waals surface area contributed by atoms with Crippen molar-refractivity contribution >= 4 is 11.6 Å². The Bertz CT molecular complexity index is 611. The molecular weight excluding hydrogens is 284 g/mol. The Hall–Kier alpha value is -1.92. The van der Waals surface area contributed by atoms with E-state index in [0.717, 1.165) is 29.8 Å². The van der Waals surface area contributed by atoms with Crippen molar-refractivity contribution in [1.82, 2.24) is 9.55 Å². The molecule has 0 atom stereocenters. The molecule has 0 aliphatic carbocycles. The lowest BCUT2D eigenvalue weighted by molar-refractivity contribution is 0.300. The molecule has 0 fully saturated rings. The molecule has 0 spiro atoms. The van der Waals surface area contributed by atoms with Crippen LogP contribution in [0.2, 0.25) is 0 Å². The zero-order valence-corrected chi connectivity index (χ0v) is 12.9. The number of rotatable bonds is 6. The molecule has 0 saturated heterocycles. The van der Waals surface area contributed by atoms with Crippen LogP contribution in [0.3, 0.4) is 0 Å². The molecule has 0 radical (unpaired) electrons. The molecule has 2 aromatic rings. The van der Waals surface area contributed by atoms with E-state index in [1.165, 1.54) is 0 Å². The zero-order chi connectivity index (χ0) is 14.9. The number of aryl methyl sites for hydroxylation is 2. The fourth-order valence-corrected chi connectivity index (χ4v) is 2.04. The van der Waals surface area contributed by atoms with E-state index in [9.17, 15) is 0 Å². The Morgan fingerprint density at radius 2 is 2.29 bits per heavy atom. The molecule has 0 bridgehead atoms. The molecule has 110 valence electrons. The van der Waals surface area contributed by atoms with E-state index in [1.54, 1.807) is 6.20 Å². The highest BCUT2D eigenvalue weighted by atomic mass is 35.5. The topological polar surface area (TPSA) is 27.1 Å². The number of hydrogen-bond donors (Lipinski definition) is 0. The normalized spacial score (nSPS) is 10.0. The van der Waals surface area contributed by atoms with Crippen LogP contribution >= 0.6 is 11.6 Å². The second-order valence-electron chi connectivity index (χ2n) is 4.72. The van der Waals surface area contributed by atoms with Crippen LogP contribution in [0.25, 0.3) is 0 Å². The summed E-state index contributed by atoms with van der Waals surface area (Å²) in [6, 6.07) is 6.02. The van der Waals surface area contributed by atoms with Gasteiger partial charge in [-0.1, -0.05) is 11.8 Å². The van der Waals surface area contributed by atoms with Crippen molar-refractivity contribution in [1.29, 1.82) is 0 Å². The largest absolute Gasteiger partial charge is 0.493 e. The van der Waals surface area contributed by atoms with Crippen molar-refractivity contribution in [2.24, 2.45) is 0 Å². The van der Waals surface area contributed by atoms with Crippen LogP contribution in [0.1, 0.15) is 24.0 Å². The number of aromatic nitrogens is 2. The first-order chi connectivity index (χ1) is 10.3. The van der Waals surface area contributed by atoms with Gasteiger partial charge in [-0.3, -0.25) is 0 Å². The van der Waals surface area contributed by atoms with E-state index < -0.39 is 0 Å². The van der Waals surface area contributed by atoms with Gasteiger partial charge in [0.25, 0.3) is 0 Å². The maximum atomic E-state index is 5.81. The van der Waals surface area contributed by atoms with Gasteiger partial charge in [-0.15, -0.1) is 11.6 Å². The fourth-order valence-electron chi connectivity index (χ4n) is 1.95. The number of halogens is 1. The molecular formula is C17H19ClN2O. The molecule has 3 nitrogen and oxygen atoms in total. The highest BCUT2D eigenvalue weighted by Gasteiger charge is 2.00. The summed E-state index contributed by atoms with van der Waals surface area (Å²) in [6.45, 7) is 3.65. The first kappa shape index (κ1) is 15.5. The van der Waals surface area contributed by atoms with Crippen molar-refractivity contribution in [3.05, 3.63) is 48.0 Å². The molecule has 0 amide bonds. The SMILES string of the molecule is Cc1cc(C#CCCCl)ccc1OCCCn1ccnc1. The number of hydrogen-bond acceptors (Lipinski definition) is 2. The average molecular weight is 303 g/mol. The Balaban J connectivity index is 1.82. The van der Waals surface area contributed by atoms with Gasteiger partial charge in [0.05, 0.1) is 12.9 Å². The Morgan fingerprint density at radius 3 is 3.00 bits per heavy atom. The van der Waals surface area contributed by atoms with Crippen molar-refractivity contribution in [3.63, 3.8) is 0 Å². The standard InChI is InChI=1S/C17H19ClN2O/c1-15-13-16(5-2-3-8-18)6-7-17(15)21-12-4-10-20-11-9-19-14-20/h6-7,9,11,13-14H,3-4,8,10,12H2,1H3. The minimum absolute atomic E-state index is 0.574. The van der Waals surface area contributed by atoms with Crippen molar-refractivity contribution < 1.29 is 4.74 Å². The Labute approximate surface area is 130 Å². The van der Waals surface area contributed by atoms with Gasteiger partial charge in [0, 0.05) is 36.8 Å². The van der Waals surface area contributed by atoms with Crippen LogP contribution < -0.4 is 4.74 Å². The third-order valence-electron chi connectivity index (χ3n) is 3.00. The molecule has 4 heteroatoms. The summed E-state index contributed by atoms with van der Waals surface area (Å²) < 4.78 is 7.86. The quantitative estimate of drug-likeness (QED) is 0.463. The van der Waals surface area contributed by atoms with Crippen LogP contribution in [0, 0.1) is 18.8 Å². The fraction of sp³-hybridized carbons (Fsp3) is 0.353. The van der Waals surface area contributed by atoms with Crippen molar-refractivity contribution in [3.8, 4) is 17.6 Å². The second-order valence-corrected chi connectivity index (χ2v) is 5.10. The smallest absolute Gasteiger partial charge is 0.122 e. The predicted octanol–water partition coefficient (Wildman–Crippen LogP) is 3.64. The van der Waals surface area contributed by atoms with Crippen LogP contribution in [-0.2, 0) is 6.54 Å². The van der Waals surface area contributed by atoms with Gasteiger partial charge in [0.15, 0.2) is 0 Å². The molecule has 1 aromatic heterocycles. The summed E-state index contributed by atoms with van der Waals surface area (Å²) in [6.07, 6.45) is 7.23. The lowest BCUT2D eigenvalue weighted by Crippen LogP contribution is -2.03. The Morgan fingerprint density at radius 1 is 1.38 bits per heavy atom. The molecule has 0 N–H and O–H groups in total. The van der Waals surface area contributed by atoms with Crippen molar-refractivity contribution in [2.75, 3.05) is 12.5 Å². The minimum Gasteiger partial charge on any atom is -0.493 e. The number of ether oxygens (including phenoxy) is 1. The van der Waals surface area contributed by atoms with Crippen LogP contribution in [-0.4, -0.2) is 22.0 Å². The van der Waals surface area contributed by atoms with Gasteiger partial charge in [0.1, 0.15) is 5.75 Å². The van der Waals surface area contributed by atoms with E-state index in [-0.39, 0.29) is 0 Å². The van der Waals surface area contributed by atoms with Gasteiger partial charge in [0.2, 0.25) is 0 Å². The lowest BCUT2D eigenvalue weighted by atomic mass is 10.1. The summed E-state index contributed by atoms with van der Waals surface area (Å²) in [5, 5.41) is 0. The maximum Gasteiger partial charge on any atom is 0.122 e. The monoisotopic (exact) mass is 302 g/mol. The van der Waals surface area contributed by atoms with Gasteiger partial charge in [-0.2, -0.15) is 0 Å². The molecule has 0 aliphatic heterocycles. The van der Waals surface area contributed by atoms with Crippen LogP contribution in [0.4, 0.5) is 0 Å². The van der Waals surface area contributed by atoms with Gasteiger partial charge in [-0.05, 0) is 37.1 Å². The van der Waals surface area contributed by atoms with Gasteiger partial charge < -0.3 is 9.30 Å². The number of nitrogens with zero attached hydrogens (tertiary/aromatic N) is 2. The predicted molar refractivity (Wildman–Crippen MR) is 85.7 cm³/mol. The van der Waals surface area contributed by atoms with E-state index in [1.807, 2.05) is 42.2 Å². The number of imidazole rings is 1. The highest BCUT2D eigenvalue weighted by Crippen LogP contribution is 2.19. The average Bonchev–Trinajstić information content (AvgIpc) is 2.99. The summed E-state index contributed by atoms with van der Waals surface area (Å²) in [7, 11) is 0. The number of benzene rings is 1. The first-order valence-electron chi connectivity index (χ1n) is 7.03. The van der Waals surface area contributed by atoms with Crippen LogP contribution in [0.15, 0.2) is 36.9 Å². The summed E-state index contributed by atoms with van der Waals surface area (Å²) in [5.41, 5.74) is 2.11. The van der Waals surface area contributed by atoms with E-state index >= 15 is 0 Å². The second kappa shape index (κ2) is 8.39. The van der Waals surface area contributed by atoms with E-state index in [4.69, 9.17) is 16.3 Å². The van der Waals surface area contributed by atoms with E-state index in [2.05, 4.69) is 16.8 Å². The molecule has 1 aromatic carbocycles. The highest BCUT2D eigenvalue weighted by molar-refractivity contribution is 6.18. The summed E-state index contributed by atoms with van der Waals surface area (Å²) in [5.74, 6) is 7.63. The maximum absolute atomic E-state index is 5.81. The molecule has 2 rings (SSSR count). The minimum atomic E-state index is 0.574. The summed E-state index contributed by atoms with van der Waals surface area (Å²) >= 11 is 5.60. The van der Waals surface area contributed by atoms with Crippen molar-refractivity contribution in [2.45, 2.75) is 26.3 Å². The van der Waals surface area contributed by atoms with Crippen LogP contribution in [0.5, 0.6) is 5.75 Å². The third-order valence-corrected chi connectivity index (χ3v) is 3.19. The molecule has 0 saturated carbocycles. The molecule has 1 heterocycles.